The van der Waals surface area contributed by atoms with Gasteiger partial charge in [0.1, 0.15) is 42.4 Å². The molecule has 0 spiro atoms. The number of hydrogen-bond donors (Lipinski definition) is 6. The average molecular weight is 661 g/mol. The monoisotopic (exact) mass is 660 g/mol. The summed E-state index contributed by atoms with van der Waals surface area (Å²) in [5.74, 6) is -1.77. The van der Waals surface area contributed by atoms with Gasteiger partial charge in [-0.2, -0.15) is 0 Å². The van der Waals surface area contributed by atoms with Crippen LogP contribution in [-0.4, -0.2) is 103 Å². The first-order valence-electron chi connectivity index (χ1n) is 16.9. The largest absolute Gasteiger partial charge is 0.459 e. The van der Waals surface area contributed by atoms with Gasteiger partial charge in [0, 0.05) is 23.7 Å². The van der Waals surface area contributed by atoms with Gasteiger partial charge in [0.15, 0.2) is 5.76 Å². The number of ether oxygens (including phenoxy) is 3. The zero-order valence-corrected chi connectivity index (χ0v) is 28.6. The molecule has 0 aromatic heterocycles. The van der Waals surface area contributed by atoms with Crippen molar-refractivity contribution in [2.75, 3.05) is 6.61 Å². The maximum absolute atomic E-state index is 14.7. The van der Waals surface area contributed by atoms with Crippen LogP contribution < -0.4 is 0 Å². The van der Waals surface area contributed by atoms with Crippen molar-refractivity contribution >= 4 is 11.6 Å². The summed E-state index contributed by atoms with van der Waals surface area (Å²) in [7, 11) is 0. The van der Waals surface area contributed by atoms with Gasteiger partial charge in [0.2, 0.25) is 12.1 Å². The molecule has 0 radical (unpaired) electrons. The molecule has 2 aliphatic heterocycles. The van der Waals surface area contributed by atoms with E-state index in [1.807, 2.05) is 26.8 Å². The van der Waals surface area contributed by atoms with Gasteiger partial charge in [0.25, 0.3) is 0 Å². The average Bonchev–Trinajstić information content (AvgIpc) is 3.21. The Bertz CT molecular complexity index is 1420. The van der Waals surface area contributed by atoms with Crippen molar-refractivity contribution in [2.45, 2.75) is 129 Å². The molecule has 4 fully saturated rings. The topological polar surface area (TPSA) is 183 Å². The van der Waals surface area contributed by atoms with E-state index in [-0.39, 0.29) is 29.7 Å². The Morgan fingerprint density at radius 2 is 1.64 bits per heavy atom. The van der Waals surface area contributed by atoms with Crippen molar-refractivity contribution in [3.05, 3.63) is 35.1 Å². The fourth-order valence-electron chi connectivity index (χ4n) is 10.7. The number of aliphatic hydroxyl groups is 6. The minimum atomic E-state index is -1.70. The highest BCUT2D eigenvalue weighted by molar-refractivity contribution is 6.02. The second-order valence-corrected chi connectivity index (χ2v) is 16.7. The van der Waals surface area contributed by atoms with Crippen molar-refractivity contribution in [1.82, 2.24) is 0 Å². The molecule has 0 aromatic rings. The van der Waals surface area contributed by atoms with Gasteiger partial charge in [-0.25, -0.2) is 0 Å². The lowest BCUT2D eigenvalue weighted by Crippen LogP contribution is -2.67. The number of Topliss-reactive ketones (excluding diaryl/α,β-unsaturated/α-hetero) is 2. The van der Waals surface area contributed by atoms with Crippen LogP contribution in [0.4, 0.5) is 0 Å². The molecule has 0 unspecified atom stereocenters. The molecule has 6 aliphatic rings. The third-order valence-electron chi connectivity index (χ3n) is 13.5. The van der Waals surface area contributed by atoms with E-state index in [4.69, 9.17) is 14.2 Å². The molecule has 2 saturated heterocycles. The van der Waals surface area contributed by atoms with Gasteiger partial charge in [-0.3, -0.25) is 9.59 Å². The molecular formula is C36H52O11. The van der Waals surface area contributed by atoms with Gasteiger partial charge in [0.05, 0.1) is 23.7 Å². The van der Waals surface area contributed by atoms with Crippen LogP contribution in [0.15, 0.2) is 35.1 Å². The van der Waals surface area contributed by atoms with Crippen molar-refractivity contribution in [1.29, 1.82) is 0 Å². The fraction of sp³-hybridized carbons (Fsp3) is 0.778. The highest BCUT2D eigenvalue weighted by Crippen LogP contribution is 2.75. The van der Waals surface area contributed by atoms with Gasteiger partial charge < -0.3 is 44.8 Å². The van der Waals surface area contributed by atoms with E-state index in [9.17, 15) is 40.2 Å². The Kier molecular flexibility index (Phi) is 8.18. The number of ketones is 2. The summed E-state index contributed by atoms with van der Waals surface area (Å²) < 4.78 is 18.1. The van der Waals surface area contributed by atoms with E-state index in [0.717, 1.165) is 11.1 Å². The van der Waals surface area contributed by atoms with Crippen LogP contribution in [0, 0.1) is 39.4 Å². The van der Waals surface area contributed by atoms with Crippen LogP contribution in [0.3, 0.4) is 0 Å². The molecule has 4 aliphatic carbocycles. The first kappa shape index (κ1) is 34.9. The third kappa shape index (κ3) is 4.60. The molecule has 6 N–H and O–H groups in total. The molecule has 11 heteroatoms. The maximum Gasteiger partial charge on any atom is 0.229 e. The highest BCUT2D eigenvalue weighted by atomic mass is 16.7. The van der Waals surface area contributed by atoms with Gasteiger partial charge >= 0.3 is 0 Å². The molecule has 6 rings (SSSR count). The third-order valence-corrected chi connectivity index (χ3v) is 13.5. The fourth-order valence-corrected chi connectivity index (χ4v) is 10.7. The zero-order valence-electron chi connectivity index (χ0n) is 28.6. The van der Waals surface area contributed by atoms with Crippen LogP contribution in [0.5, 0.6) is 0 Å². The second-order valence-electron chi connectivity index (χ2n) is 16.7. The summed E-state index contributed by atoms with van der Waals surface area (Å²) in [6.07, 6.45) is -3.15. The SMILES string of the molecule is CC(C)=C[C@@H]1O[C@@H]2C[C@@]3(C)[C@@H]4CC=C5[C@@H](C=C(O[C@H]6O[C@@H](CO)[C@H](O)[C@@H](O)[C@@H]6O)C(=O)C5(C)C)[C@]4(C)C(=O)C[C@]3(C)[C@H]2[C@@](C)(O)[C@@H]1O. The number of carbonyl (C=O) groups is 2. The number of hydrogen-bond acceptors (Lipinski definition) is 11. The quantitative estimate of drug-likeness (QED) is 0.242. The molecule has 0 amide bonds. The van der Waals surface area contributed by atoms with E-state index in [2.05, 4.69) is 19.9 Å². The Morgan fingerprint density at radius 3 is 2.26 bits per heavy atom. The summed E-state index contributed by atoms with van der Waals surface area (Å²) in [6, 6.07) is 0. The van der Waals surface area contributed by atoms with Crippen molar-refractivity contribution < 1.29 is 54.4 Å². The Balaban J connectivity index is 1.41. The molecule has 2 saturated carbocycles. The van der Waals surface area contributed by atoms with Gasteiger partial charge in [-0.15, -0.1) is 0 Å². The maximum atomic E-state index is 14.7. The van der Waals surface area contributed by atoms with Gasteiger partial charge in [-0.05, 0) is 70.3 Å². The zero-order chi connectivity index (χ0) is 34.8. The predicted octanol–water partition coefficient (Wildman–Crippen LogP) is 1.72. The molecular weight excluding hydrogens is 608 g/mol. The van der Waals surface area contributed by atoms with Crippen LogP contribution >= 0.6 is 0 Å². The standard InChI is InChI=1S/C36H52O11/c1-16(2)11-19-30(43)36(8,44)28-21(45-19)13-33(5)23-10-9-17-18(35(23,7)24(38)14-34(28,33)6)12-20(29(42)32(17,3)4)46-31-27(41)26(40)25(39)22(15-37)47-31/h9,11-12,18-19,21-23,25-28,30-31,37,39-41,43-44H,10,13-15H2,1-8H3/t18-,19+,21-,22+,23+,25+,26-,27+,28+,30-,31+,33+,34-,35+,36-/m1/s1. The van der Waals surface area contributed by atoms with Crippen LogP contribution in [0.2, 0.25) is 0 Å². The molecule has 0 aromatic carbocycles. The molecule has 15 atom stereocenters. The van der Waals surface area contributed by atoms with E-state index < -0.39 is 94.7 Å². The Hall–Kier alpha value is -1.96. The van der Waals surface area contributed by atoms with Crippen LogP contribution in [0.1, 0.15) is 74.7 Å². The smallest absolute Gasteiger partial charge is 0.229 e. The summed E-state index contributed by atoms with van der Waals surface area (Å²) in [6.45, 7) is 14.6. The van der Waals surface area contributed by atoms with Crippen LogP contribution in [-0.2, 0) is 23.8 Å². The second kappa shape index (κ2) is 11.0. The molecule has 0 bridgehead atoms. The van der Waals surface area contributed by atoms with E-state index >= 15 is 0 Å². The van der Waals surface area contributed by atoms with Crippen molar-refractivity contribution in [2.24, 2.45) is 39.4 Å². The number of allylic oxidation sites excluding steroid dienone is 5. The van der Waals surface area contributed by atoms with Crippen molar-refractivity contribution in [3.63, 3.8) is 0 Å². The Labute approximate surface area is 276 Å². The number of fused-ring (bicyclic) bond motifs is 7. The summed E-state index contributed by atoms with van der Waals surface area (Å²) in [5, 5.41) is 64.3. The van der Waals surface area contributed by atoms with Gasteiger partial charge in [-0.1, -0.05) is 44.1 Å². The molecule has 2 heterocycles. The predicted molar refractivity (Wildman–Crippen MR) is 168 cm³/mol. The lowest BCUT2D eigenvalue weighted by atomic mass is 9.39. The minimum absolute atomic E-state index is 0.0102. The normalized spacial score (nSPS) is 51.9. The van der Waals surface area contributed by atoms with E-state index in [1.165, 1.54) is 0 Å². The minimum Gasteiger partial charge on any atom is -0.459 e. The highest BCUT2D eigenvalue weighted by Gasteiger charge is 2.76. The lowest BCUT2D eigenvalue weighted by Gasteiger charge is -2.64. The summed E-state index contributed by atoms with van der Waals surface area (Å²) >= 11 is 0. The Morgan fingerprint density at radius 1 is 0.979 bits per heavy atom. The number of aliphatic hydroxyl groups excluding tert-OH is 5. The lowest BCUT2D eigenvalue weighted by molar-refractivity contribution is -0.291. The summed E-state index contributed by atoms with van der Waals surface area (Å²) in [5.41, 5.74) is -3.00. The van der Waals surface area contributed by atoms with E-state index in [0.29, 0.717) is 12.8 Å². The molecule has 47 heavy (non-hydrogen) atoms. The van der Waals surface area contributed by atoms with Crippen molar-refractivity contribution in [3.8, 4) is 0 Å². The van der Waals surface area contributed by atoms with Crippen LogP contribution in [0.25, 0.3) is 0 Å². The van der Waals surface area contributed by atoms with E-state index in [1.54, 1.807) is 26.8 Å². The first-order chi connectivity index (χ1) is 21.7. The number of carbonyl (C=O) groups excluding carboxylic acids is 2. The first-order valence-corrected chi connectivity index (χ1v) is 16.9. The summed E-state index contributed by atoms with van der Waals surface area (Å²) in [4.78, 5) is 28.7. The number of rotatable bonds is 4. The molecule has 262 valence electrons. The molecule has 11 nitrogen and oxygen atoms in total.